The van der Waals surface area contributed by atoms with E-state index in [4.69, 9.17) is 4.74 Å². The molecule has 3 nitrogen and oxygen atoms in total. The quantitative estimate of drug-likeness (QED) is 0.574. The van der Waals surface area contributed by atoms with E-state index in [1.165, 1.54) is 25.7 Å². The van der Waals surface area contributed by atoms with Crippen molar-refractivity contribution in [2.45, 2.75) is 39.5 Å². The predicted molar refractivity (Wildman–Crippen MR) is 78.0 cm³/mol. The molecule has 0 atom stereocenters. The molecule has 108 valence electrons. The van der Waals surface area contributed by atoms with Gasteiger partial charge in [-0.05, 0) is 51.1 Å². The highest BCUT2D eigenvalue weighted by molar-refractivity contribution is 4.81. The zero-order valence-corrected chi connectivity index (χ0v) is 12.8. The molecule has 0 aromatic heterocycles. The minimum atomic E-state index is 0.417. The molecule has 0 aliphatic heterocycles. The zero-order valence-electron chi connectivity index (χ0n) is 12.8. The van der Waals surface area contributed by atoms with Crippen LogP contribution in [0.5, 0.6) is 0 Å². The average Bonchev–Trinajstić information content (AvgIpc) is 3.18. The van der Waals surface area contributed by atoms with Gasteiger partial charge in [0.05, 0.1) is 6.61 Å². The lowest BCUT2D eigenvalue weighted by molar-refractivity contribution is 0.0837. The number of likely N-dealkylation sites (N-methyl/N-ethyl adjacent to an activating group) is 1. The van der Waals surface area contributed by atoms with Crippen molar-refractivity contribution in [1.29, 1.82) is 0 Å². The Morgan fingerprint density at radius 1 is 1.28 bits per heavy atom. The van der Waals surface area contributed by atoms with Gasteiger partial charge in [0, 0.05) is 26.2 Å². The van der Waals surface area contributed by atoms with Crippen molar-refractivity contribution >= 4 is 0 Å². The van der Waals surface area contributed by atoms with Gasteiger partial charge < -0.3 is 15.0 Å². The molecule has 0 radical (unpaired) electrons. The predicted octanol–water partition coefficient (Wildman–Crippen LogP) is 2.37. The van der Waals surface area contributed by atoms with Crippen LogP contribution in [0.2, 0.25) is 0 Å². The van der Waals surface area contributed by atoms with Crippen molar-refractivity contribution in [3.05, 3.63) is 0 Å². The Hall–Kier alpha value is -0.120. The molecule has 18 heavy (non-hydrogen) atoms. The number of nitrogens with zero attached hydrogens (tertiary/aromatic N) is 1. The summed E-state index contributed by atoms with van der Waals surface area (Å²) in [6, 6.07) is 0. The fraction of sp³-hybridized carbons (Fsp3) is 1.00. The molecule has 1 rings (SSSR count). The zero-order chi connectivity index (χ0) is 13.4. The van der Waals surface area contributed by atoms with Crippen molar-refractivity contribution < 1.29 is 4.74 Å². The molecule has 1 aliphatic rings. The second-order valence-corrected chi connectivity index (χ2v) is 5.99. The Labute approximate surface area is 113 Å². The summed E-state index contributed by atoms with van der Waals surface area (Å²) in [4.78, 5) is 2.43. The minimum absolute atomic E-state index is 0.417. The van der Waals surface area contributed by atoms with Crippen LogP contribution in [0.3, 0.4) is 0 Å². The Bertz CT molecular complexity index is 213. The molecule has 1 aliphatic carbocycles. The van der Waals surface area contributed by atoms with Crippen LogP contribution < -0.4 is 5.32 Å². The van der Waals surface area contributed by atoms with Gasteiger partial charge in [-0.15, -0.1) is 0 Å². The molecule has 1 N–H and O–H groups in total. The summed E-state index contributed by atoms with van der Waals surface area (Å²) >= 11 is 0. The number of hydrogen-bond donors (Lipinski definition) is 1. The van der Waals surface area contributed by atoms with E-state index in [2.05, 4.69) is 38.2 Å². The van der Waals surface area contributed by atoms with Crippen LogP contribution in [-0.2, 0) is 4.74 Å². The lowest BCUT2D eigenvalue weighted by atomic mass is 9.81. The van der Waals surface area contributed by atoms with Gasteiger partial charge >= 0.3 is 0 Å². The lowest BCUT2D eigenvalue weighted by Crippen LogP contribution is -2.42. The Morgan fingerprint density at radius 3 is 2.44 bits per heavy atom. The van der Waals surface area contributed by atoms with E-state index in [0.717, 1.165) is 38.8 Å². The fourth-order valence-electron chi connectivity index (χ4n) is 2.56. The van der Waals surface area contributed by atoms with Gasteiger partial charge in [-0.25, -0.2) is 0 Å². The van der Waals surface area contributed by atoms with E-state index >= 15 is 0 Å². The van der Waals surface area contributed by atoms with Crippen LogP contribution in [0.4, 0.5) is 0 Å². The molecule has 0 saturated heterocycles. The van der Waals surface area contributed by atoms with Crippen LogP contribution in [0.15, 0.2) is 0 Å². The Morgan fingerprint density at radius 2 is 1.94 bits per heavy atom. The van der Waals surface area contributed by atoms with Gasteiger partial charge in [-0.2, -0.15) is 0 Å². The standard InChI is InChI=1S/C15H32N2O/c1-5-15(6-2,12-16-3)13-17(4)9-10-18-11-14-7-8-14/h14,16H,5-13H2,1-4H3. The molecule has 0 bridgehead atoms. The first-order chi connectivity index (χ1) is 8.65. The Kier molecular flexibility index (Phi) is 7.20. The van der Waals surface area contributed by atoms with Gasteiger partial charge in [0.15, 0.2) is 0 Å². The third-order valence-corrected chi connectivity index (χ3v) is 4.32. The maximum atomic E-state index is 5.71. The van der Waals surface area contributed by atoms with E-state index in [0.29, 0.717) is 5.41 Å². The monoisotopic (exact) mass is 256 g/mol. The lowest BCUT2D eigenvalue weighted by Gasteiger charge is -2.35. The van der Waals surface area contributed by atoms with Crippen molar-refractivity contribution in [1.82, 2.24) is 10.2 Å². The SMILES string of the molecule is CCC(CC)(CNC)CN(C)CCOCC1CC1. The van der Waals surface area contributed by atoms with Gasteiger partial charge in [0.25, 0.3) is 0 Å². The molecular formula is C15H32N2O. The van der Waals surface area contributed by atoms with Crippen LogP contribution in [0.25, 0.3) is 0 Å². The van der Waals surface area contributed by atoms with E-state index in [1.807, 2.05) is 0 Å². The summed E-state index contributed by atoms with van der Waals surface area (Å²) in [5, 5.41) is 3.35. The van der Waals surface area contributed by atoms with Gasteiger partial charge in [0.2, 0.25) is 0 Å². The molecule has 0 spiro atoms. The van der Waals surface area contributed by atoms with E-state index in [9.17, 15) is 0 Å². The normalized spacial score (nSPS) is 16.5. The molecule has 3 heteroatoms. The first kappa shape index (κ1) is 15.9. The van der Waals surface area contributed by atoms with E-state index < -0.39 is 0 Å². The fourth-order valence-corrected chi connectivity index (χ4v) is 2.56. The maximum absolute atomic E-state index is 5.71. The Balaban J connectivity index is 2.19. The molecule has 0 unspecified atom stereocenters. The molecule has 1 saturated carbocycles. The first-order valence-corrected chi connectivity index (χ1v) is 7.56. The number of hydrogen-bond acceptors (Lipinski definition) is 3. The molecule has 1 fully saturated rings. The highest BCUT2D eigenvalue weighted by Crippen LogP contribution is 2.29. The van der Waals surface area contributed by atoms with Crippen LogP contribution >= 0.6 is 0 Å². The largest absolute Gasteiger partial charge is 0.380 e. The molecule has 0 heterocycles. The summed E-state index contributed by atoms with van der Waals surface area (Å²) in [6.07, 6.45) is 5.23. The molecule has 0 aromatic rings. The maximum Gasteiger partial charge on any atom is 0.0593 e. The van der Waals surface area contributed by atoms with Crippen LogP contribution in [0.1, 0.15) is 39.5 Å². The van der Waals surface area contributed by atoms with Crippen molar-refractivity contribution in [3.63, 3.8) is 0 Å². The third kappa shape index (κ3) is 5.68. The number of nitrogens with one attached hydrogen (secondary N) is 1. The highest BCUT2D eigenvalue weighted by atomic mass is 16.5. The van der Waals surface area contributed by atoms with E-state index in [1.54, 1.807) is 0 Å². The summed E-state index contributed by atoms with van der Waals surface area (Å²) in [5.41, 5.74) is 0.417. The second kappa shape index (κ2) is 8.13. The third-order valence-electron chi connectivity index (χ3n) is 4.32. The summed E-state index contributed by atoms with van der Waals surface area (Å²) in [7, 11) is 4.27. The van der Waals surface area contributed by atoms with E-state index in [-0.39, 0.29) is 0 Å². The van der Waals surface area contributed by atoms with Crippen molar-refractivity contribution in [3.8, 4) is 0 Å². The van der Waals surface area contributed by atoms with Crippen LogP contribution in [0, 0.1) is 11.3 Å². The first-order valence-electron chi connectivity index (χ1n) is 7.56. The van der Waals surface area contributed by atoms with Gasteiger partial charge in [-0.1, -0.05) is 13.8 Å². The van der Waals surface area contributed by atoms with Gasteiger partial charge in [0.1, 0.15) is 0 Å². The highest BCUT2D eigenvalue weighted by Gasteiger charge is 2.27. The average molecular weight is 256 g/mol. The molecule has 0 amide bonds. The van der Waals surface area contributed by atoms with Crippen molar-refractivity contribution in [2.75, 3.05) is 46.9 Å². The summed E-state index contributed by atoms with van der Waals surface area (Å²) in [6.45, 7) is 9.79. The molecule has 0 aromatic carbocycles. The number of rotatable bonds is 11. The summed E-state index contributed by atoms with van der Waals surface area (Å²) in [5.74, 6) is 0.880. The smallest absolute Gasteiger partial charge is 0.0593 e. The van der Waals surface area contributed by atoms with Crippen molar-refractivity contribution in [2.24, 2.45) is 11.3 Å². The molecular weight excluding hydrogens is 224 g/mol. The minimum Gasteiger partial charge on any atom is -0.380 e. The summed E-state index contributed by atoms with van der Waals surface area (Å²) < 4.78 is 5.71. The van der Waals surface area contributed by atoms with Gasteiger partial charge in [-0.3, -0.25) is 0 Å². The second-order valence-electron chi connectivity index (χ2n) is 5.99. The topological polar surface area (TPSA) is 24.5 Å². The van der Waals surface area contributed by atoms with Crippen LogP contribution in [-0.4, -0.2) is 51.8 Å². The number of ether oxygens (including phenoxy) is 1.